The van der Waals surface area contributed by atoms with Gasteiger partial charge >= 0.3 is 5.97 Å². The van der Waals surface area contributed by atoms with E-state index in [1.54, 1.807) is 25.2 Å². The molecule has 0 saturated carbocycles. The number of carbonyl (C=O) groups is 2. The summed E-state index contributed by atoms with van der Waals surface area (Å²) in [5, 5.41) is 2.70. The Bertz CT molecular complexity index is 509. The molecule has 1 aliphatic carbocycles. The van der Waals surface area contributed by atoms with E-state index in [2.05, 4.69) is 12.2 Å². The monoisotopic (exact) mass is 295 g/mol. The van der Waals surface area contributed by atoms with Crippen LogP contribution in [-0.2, 0) is 22.4 Å². The fourth-order valence-corrected chi connectivity index (χ4v) is 3.52. The van der Waals surface area contributed by atoms with Crippen LogP contribution in [0.3, 0.4) is 0 Å². The molecule has 1 aliphatic rings. The Kier molecular flexibility index (Phi) is 4.81. The minimum Gasteiger partial charge on any atom is -0.464 e. The SMILES string of the molecule is CCOC(=O)C(C)NC(=O)c1cc2c(s1)CCC(C)C2. The number of hydrogen-bond acceptors (Lipinski definition) is 4. The second kappa shape index (κ2) is 6.39. The standard InChI is InChI=1S/C15H21NO3S/c1-4-19-15(18)10(3)16-14(17)13-8-11-7-9(2)5-6-12(11)20-13/h8-10H,4-7H2,1-3H3,(H,16,17). The molecule has 5 heteroatoms. The number of rotatable bonds is 4. The number of amides is 1. The number of fused-ring (bicyclic) bond motifs is 1. The zero-order valence-electron chi connectivity index (χ0n) is 12.2. The molecule has 1 aromatic rings. The van der Waals surface area contributed by atoms with Gasteiger partial charge in [-0.1, -0.05) is 6.92 Å². The van der Waals surface area contributed by atoms with Crippen LogP contribution in [0.5, 0.6) is 0 Å². The van der Waals surface area contributed by atoms with Crippen molar-refractivity contribution in [1.82, 2.24) is 5.32 Å². The number of nitrogens with one attached hydrogen (secondary N) is 1. The highest BCUT2D eigenvalue weighted by molar-refractivity contribution is 7.14. The van der Waals surface area contributed by atoms with Crippen LogP contribution in [-0.4, -0.2) is 24.5 Å². The summed E-state index contributed by atoms with van der Waals surface area (Å²) in [6.45, 7) is 5.96. The van der Waals surface area contributed by atoms with E-state index in [9.17, 15) is 9.59 Å². The van der Waals surface area contributed by atoms with Crippen molar-refractivity contribution in [3.8, 4) is 0 Å². The van der Waals surface area contributed by atoms with E-state index in [4.69, 9.17) is 4.74 Å². The molecule has 2 rings (SSSR count). The average molecular weight is 295 g/mol. The molecular formula is C15H21NO3S. The lowest BCUT2D eigenvalue weighted by molar-refractivity contribution is -0.144. The van der Waals surface area contributed by atoms with Gasteiger partial charge in [-0.05, 0) is 50.7 Å². The highest BCUT2D eigenvalue weighted by Gasteiger charge is 2.23. The van der Waals surface area contributed by atoms with Gasteiger partial charge in [-0.3, -0.25) is 4.79 Å². The predicted molar refractivity (Wildman–Crippen MR) is 79.1 cm³/mol. The lowest BCUT2D eigenvalue weighted by atomic mass is 9.90. The number of ether oxygens (including phenoxy) is 1. The summed E-state index contributed by atoms with van der Waals surface area (Å²) in [7, 11) is 0. The molecule has 0 saturated heterocycles. The van der Waals surface area contributed by atoms with Crippen LogP contribution in [0.15, 0.2) is 6.07 Å². The van der Waals surface area contributed by atoms with Crippen LogP contribution in [0.2, 0.25) is 0 Å². The molecule has 0 radical (unpaired) electrons. The molecule has 1 amide bonds. The lowest BCUT2D eigenvalue weighted by Crippen LogP contribution is -2.39. The third-order valence-corrected chi connectivity index (χ3v) is 4.78. The zero-order valence-corrected chi connectivity index (χ0v) is 13.0. The molecular weight excluding hydrogens is 274 g/mol. The van der Waals surface area contributed by atoms with E-state index < -0.39 is 12.0 Å². The largest absolute Gasteiger partial charge is 0.464 e. The Hall–Kier alpha value is -1.36. The number of thiophene rings is 1. The molecule has 0 fully saturated rings. The van der Waals surface area contributed by atoms with Crippen molar-refractivity contribution in [2.45, 2.75) is 46.1 Å². The van der Waals surface area contributed by atoms with Crippen molar-refractivity contribution >= 4 is 23.2 Å². The van der Waals surface area contributed by atoms with Crippen molar-refractivity contribution in [2.75, 3.05) is 6.61 Å². The molecule has 0 aliphatic heterocycles. The predicted octanol–water partition coefficient (Wildman–Crippen LogP) is 2.55. The minimum absolute atomic E-state index is 0.183. The Morgan fingerprint density at radius 1 is 1.55 bits per heavy atom. The van der Waals surface area contributed by atoms with Gasteiger partial charge in [0.1, 0.15) is 6.04 Å². The quantitative estimate of drug-likeness (QED) is 0.869. The number of hydrogen-bond donors (Lipinski definition) is 1. The Balaban J connectivity index is 2.01. The van der Waals surface area contributed by atoms with Gasteiger partial charge in [-0.2, -0.15) is 0 Å². The molecule has 1 N–H and O–H groups in total. The van der Waals surface area contributed by atoms with E-state index in [1.165, 1.54) is 16.9 Å². The highest BCUT2D eigenvalue weighted by Crippen LogP contribution is 2.32. The van der Waals surface area contributed by atoms with E-state index in [0.29, 0.717) is 17.4 Å². The number of esters is 1. The molecule has 0 aromatic carbocycles. The van der Waals surface area contributed by atoms with Gasteiger partial charge in [-0.15, -0.1) is 11.3 Å². The Morgan fingerprint density at radius 2 is 2.30 bits per heavy atom. The summed E-state index contributed by atoms with van der Waals surface area (Å²) in [5.41, 5.74) is 1.29. The van der Waals surface area contributed by atoms with Gasteiger partial charge in [0.2, 0.25) is 0 Å². The third kappa shape index (κ3) is 3.39. The summed E-state index contributed by atoms with van der Waals surface area (Å²) in [4.78, 5) is 25.7. The summed E-state index contributed by atoms with van der Waals surface area (Å²) in [6.07, 6.45) is 3.29. The van der Waals surface area contributed by atoms with Gasteiger partial charge in [0.15, 0.2) is 0 Å². The maximum atomic E-state index is 12.2. The Labute approximate surface area is 123 Å². The first-order chi connectivity index (χ1) is 9.51. The minimum atomic E-state index is -0.611. The average Bonchev–Trinajstić information content (AvgIpc) is 2.81. The molecule has 2 unspecified atom stereocenters. The van der Waals surface area contributed by atoms with Crippen LogP contribution in [0, 0.1) is 5.92 Å². The van der Waals surface area contributed by atoms with Crippen molar-refractivity contribution in [3.63, 3.8) is 0 Å². The van der Waals surface area contributed by atoms with Gasteiger partial charge in [0.25, 0.3) is 5.91 Å². The molecule has 1 heterocycles. The Morgan fingerprint density at radius 3 is 3.00 bits per heavy atom. The van der Waals surface area contributed by atoms with Gasteiger partial charge in [0, 0.05) is 4.88 Å². The first kappa shape index (κ1) is 15.0. The number of carbonyl (C=O) groups excluding carboxylic acids is 2. The smallest absolute Gasteiger partial charge is 0.328 e. The van der Waals surface area contributed by atoms with Crippen molar-refractivity contribution < 1.29 is 14.3 Å². The topological polar surface area (TPSA) is 55.4 Å². The normalized spacial score (nSPS) is 19.1. The summed E-state index contributed by atoms with van der Waals surface area (Å²) < 4.78 is 4.89. The van der Waals surface area contributed by atoms with Gasteiger partial charge in [-0.25, -0.2) is 4.79 Å². The molecule has 110 valence electrons. The third-order valence-electron chi connectivity index (χ3n) is 3.54. The second-order valence-electron chi connectivity index (χ2n) is 5.35. The van der Waals surface area contributed by atoms with Crippen molar-refractivity contribution in [2.24, 2.45) is 5.92 Å². The molecule has 0 spiro atoms. The summed E-state index contributed by atoms with van der Waals surface area (Å²) >= 11 is 1.55. The lowest BCUT2D eigenvalue weighted by Gasteiger charge is -2.16. The summed E-state index contributed by atoms with van der Waals surface area (Å²) in [6, 6.07) is 1.36. The van der Waals surface area contributed by atoms with Crippen LogP contribution in [0.25, 0.3) is 0 Å². The highest BCUT2D eigenvalue weighted by atomic mass is 32.1. The van der Waals surface area contributed by atoms with Gasteiger partial charge < -0.3 is 10.1 Å². The van der Waals surface area contributed by atoms with Crippen LogP contribution in [0.4, 0.5) is 0 Å². The van der Waals surface area contributed by atoms with Crippen LogP contribution in [0.1, 0.15) is 47.3 Å². The van der Waals surface area contributed by atoms with Crippen molar-refractivity contribution in [1.29, 1.82) is 0 Å². The van der Waals surface area contributed by atoms with E-state index in [0.717, 1.165) is 12.8 Å². The molecule has 4 nitrogen and oxygen atoms in total. The van der Waals surface area contributed by atoms with E-state index >= 15 is 0 Å². The maximum Gasteiger partial charge on any atom is 0.328 e. The molecule has 20 heavy (non-hydrogen) atoms. The van der Waals surface area contributed by atoms with Crippen molar-refractivity contribution in [3.05, 3.63) is 21.4 Å². The molecule has 1 aromatic heterocycles. The summed E-state index contributed by atoms with van der Waals surface area (Å²) in [5.74, 6) is 0.111. The maximum absolute atomic E-state index is 12.2. The molecule has 0 bridgehead atoms. The van der Waals surface area contributed by atoms with E-state index in [-0.39, 0.29) is 5.91 Å². The van der Waals surface area contributed by atoms with Gasteiger partial charge in [0.05, 0.1) is 11.5 Å². The second-order valence-corrected chi connectivity index (χ2v) is 6.49. The number of aryl methyl sites for hydroxylation is 1. The zero-order chi connectivity index (χ0) is 14.7. The van der Waals surface area contributed by atoms with Crippen LogP contribution >= 0.6 is 11.3 Å². The van der Waals surface area contributed by atoms with E-state index in [1.807, 2.05) is 6.07 Å². The molecule has 2 atom stereocenters. The fourth-order valence-electron chi connectivity index (χ4n) is 2.41. The first-order valence-electron chi connectivity index (χ1n) is 7.10. The first-order valence-corrected chi connectivity index (χ1v) is 7.92. The fraction of sp³-hybridized carbons (Fsp3) is 0.600. The van der Waals surface area contributed by atoms with Crippen LogP contribution < -0.4 is 5.32 Å².